The van der Waals surface area contributed by atoms with E-state index in [-0.39, 0.29) is 17.3 Å². The van der Waals surface area contributed by atoms with Gasteiger partial charge in [0.25, 0.3) is 0 Å². The number of carbonyl (C=O) groups excluding carboxylic acids is 1. The molecule has 0 amide bonds. The lowest BCUT2D eigenvalue weighted by Crippen LogP contribution is -2.26. The van der Waals surface area contributed by atoms with Crippen LogP contribution in [0.3, 0.4) is 0 Å². The third kappa shape index (κ3) is 3.10. The van der Waals surface area contributed by atoms with Crippen molar-refractivity contribution in [3.63, 3.8) is 0 Å². The number of ether oxygens (including phenoxy) is 1. The van der Waals surface area contributed by atoms with Crippen LogP contribution in [0.25, 0.3) is 0 Å². The van der Waals surface area contributed by atoms with Crippen LogP contribution in [-0.4, -0.2) is 5.97 Å². The van der Waals surface area contributed by atoms with Gasteiger partial charge < -0.3 is 4.74 Å². The van der Waals surface area contributed by atoms with E-state index in [1.165, 1.54) is 0 Å². The quantitative estimate of drug-likeness (QED) is 0.596. The second-order valence-electron chi connectivity index (χ2n) is 5.16. The van der Waals surface area contributed by atoms with Gasteiger partial charge in [-0.15, -0.1) is 0 Å². The monoisotopic (exact) mass is 242 g/mol. The van der Waals surface area contributed by atoms with Gasteiger partial charge in [0, 0.05) is 0 Å². The van der Waals surface area contributed by atoms with Crippen LogP contribution < -0.4 is 4.74 Å². The summed E-state index contributed by atoms with van der Waals surface area (Å²) >= 11 is 0. The zero-order valence-electron chi connectivity index (χ0n) is 10.8. The Bertz CT molecular complexity index is 469. The van der Waals surface area contributed by atoms with Gasteiger partial charge in [0.15, 0.2) is 0 Å². The summed E-state index contributed by atoms with van der Waals surface area (Å²) in [5.41, 5.74) is 0.00442. The molecule has 0 aliphatic heterocycles. The van der Waals surface area contributed by atoms with Crippen molar-refractivity contribution in [1.82, 2.24) is 0 Å². The van der Waals surface area contributed by atoms with E-state index in [2.05, 4.69) is 26.0 Å². The Labute approximate surface area is 108 Å². The summed E-state index contributed by atoms with van der Waals surface area (Å²) in [6.07, 6.45) is 8.63. The summed E-state index contributed by atoms with van der Waals surface area (Å²) in [6, 6.07) is 9.19. The molecular formula is C16H18O2. The molecule has 0 bridgehead atoms. The minimum Gasteiger partial charge on any atom is -0.427 e. The topological polar surface area (TPSA) is 26.3 Å². The Kier molecular flexibility index (Phi) is 3.66. The molecule has 1 aliphatic carbocycles. The number of rotatable bonds is 3. The Balaban J connectivity index is 1.96. The average Bonchev–Trinajstić information content (AvgIpc) is 2.33. The number of para-hydroxylation sites is 1. The molecule has 0 N–H and O–H groups in total. The third-order valence-corrected chi connectivity index (χ3v) is 3.30. The fourth-order valence-corrected chi connectivity index (χ4v) is 2.05. The van der Waals surface area contributed by atoms with E-state index in [0.29, 0.717) is 12.2 Å². The molecule has 0 aromatic heterocycles. The summed E-state index contributed by atoms with van der Waals surface area (Å²) in [5.74, 6) is 0.619. The van der Waals surface area contributed by atoms with E-state index < -0.39 is 0 Å². The maximum absolute atomic E-state index is 11.9. The lowest BCUT2D eigenvalue weighted by molar-refractivity contribution is -0.135. The molecule has 1 unspecified atom stereocenters. The smallest absolute Gasteiger partial charge is 0.311 e. The SMILES string of the molecule is CC1(C)C=CC=CC1CC(=O)Oc1ccccc1. The van der Waals surface area contributed by atoms with E-state index in [4.69, 9.17) is 4.74 Å². The van der Waals surface area contributed by atoms with Crippen LogP contribution in [0.2, 0.25) is 0 Å². The number of benzene rings is 1. The summed E-state index contributed by atoms with van der Waals surface area (Å²) in [6.45, 7) is 4.26. The normalized spacial score (nSPS) is 20.7. The fraction of sp³-hybridized carbons (Fsp3) is 0.312. The second-order valence-corrected chi connectivity index (χ2v) is 5.16. The van der Waals surface area contributed by atoms with Crippen LogP contribution in [0, 0.1) is 11.3 Å². The van der Waals surface area contributed by atoms with E-state index in [9.17, 15) is 4.79 Å². The molecule has 0 saturated heterocycles. The largest absolute Gasteiger partial charge is 0.427 e. The first-order valence-electron chi connectivity index (χ1n) is 6.20. The van der Waals surface area contributed by atoms with Crippen molar-refractivity contribution < 1.29 is 9.53 Å². The molecule has 0 saturated carbocycles. The Morgan fingerprint density at radius 1 is 1.22 bits per heavy atom. The molecule has 94 valence electrons. The molecule has 2 nitrogen and oxygen atoms in total. The fourth-order valence-electron chi connectivity index (χ4n) is 2.05. The van der Waals surface area contributed by atoms with E-state index in [1.807, 2.05) is 30.4 Å². The molecule has 0 spiro atoms. The minimum absolute atomic E-state index is 0.00442. The standard InChI is InChI=1S/C16H18O2/c1-16(2)11-7-6-8-13(16)12-15(17)18-14-9-4-3-5-10-14/h3-11,13H,12H2,1-2H3. The minimum atomic E-state index is -0.181. The molecule has 0 radical (unpaired) electrons. The zero-order valence-corrected chi connectivity index (χ0v) is 10.8. The van der Waals surface area contributed by atoms with Gasteiger partial charge >= 0.3 is 5.97 Å². The van der Waals surface area contributed by atoms with Crippen molar-refractivity contribution in [3.8, 4) is 5.75 Å². The predicted octanol–water partition coefficient (Wildman–Crippen LogP) is 3.75. The van der Waals surface area contributed by atoms with Gasteiger partial charge in [-0.05, 0) is 23.5 Å². The van der Waals surface area contributed by atoms with E-state index in [0.717, 1.165) is 0 Å². The van der Waals surface area contributed by atoms with Gasteiger partial charge in [-0.2, -0.15) is 0 Å². The van der Waals surface area contributed by atoms with Crippen molar-refractivity contribution in [2.45, 2.75) is 20.3 Å². The van der Waals surface area contributed by atoms with Gasteiger partial charge in [0.2, 0.25) is 0 Å². The van der Waals surface area contributed by atoms with Crippen molar-refractivity contribution in [3.05, 3.63) is 54.6 Å². The average molecular weight is 242 g/mol. The van der Waals surface area contributed by atoms with Crippen molar-refractivity contribution >= 4 is 5.97 Å². The van der Waals surface area contributed by atoms with Crippen molar-refractivity contribution in [2.24, 2.45) is 11.3 Å². The van der Waals surface area contributed by atoms with Gasteiger partial charge in [-0.25, -0.2) is 0 Å². The summed E-state index contributed by atoms with van der Waals surface area (Å²) in [5, 5.41) is 0. The van der Waals surface area contributed by atoms with Crippen LogP contribution in [-0.2, 0) is 4.79 Å². The molecule has 1 atom stereocenters. The molecule has 2 rings (SSSR count). The first-order valence-corrected chi connectivity index (χ1v) is 6.20. The van der Waals surface area contributed by atoms with Crippen LogP contribution in [0.4, 0.5) is 0 Å². The summed E-state index contributed by atoms with van der Waals surface area (Å²) in [7, 11) is 0. The highest BCUT2D eigenvalue weighted by atomic mass is 16.5. The summed E-state index contributed by atoms with van der Waals surface area (Å²) in [4.78, 5) is 11.9. The maximum atomic E-state index is 11.9. The highest BCUT2D eigenvalue weighted by Gasteiger charge is 2.28. The van der Waals surface area contributed by atoms with E-state index >= 15 is 0 Å². The number of hydrogen-bond donors (Lipinski definition) is 0. The molecule has 1 aliphatic rings. The second kappa shape index (κ2) is 5.21. The Hall–Kier alpha value is -1.83. The van der Waals surface area contributed by atoms with Gasteiger partial charge in [-0.1, -0.05) is 56.4 Å². The molecule has 2 heteroatoms. The van der Waals surface area contributed by atoms with Crippen LogP contribution in [0.5, 0.6) is 5.75 Å². The van der Waals surface area contributed by atoms with Gasteiger partial charge in [-0.3, -0.25) is 4.79 Å². The zero-order chi connectivity index (χ0) is 13.0. The third-order valence-electron chi connectivity index (χ3n) is 3.30. The molecule has 1 aromatic rings. The number of hydrogen-bond acceptors (Lipinski definition) is 2. The van der Waals surface area contributed by atoms with Crippen molar-refractivity contribution in [1.29, 1.82) is 0 Å². The first kappa shape index (κ1) is 12.6. The number of esters is 1. The lowest BCUT2D eigenvalue weighted by atomic mass is 9.74. The Morgan fingerprint density at radius 3 is 2.61 bits per heavy atom. The predicted molar refractivity (Wildman–Crippen MR) is 72.2 cm³/mol. The molecular weight excluding hydrogens is 224 g/mol. The van der Waals surface area contributed by atoms with E-state index in [1.54, 1.807) is 12.1 Å². The van der Waals surface area contributed by atoms with Crippen LogP contribution >= 0.6 is 0 Å². The lowest BCUT2D eigenvalue weighted by Gasteiger charge is -2.30. The molecule has 18 heavy (non-hydrogen) atoms. The Morgan fingerprint density at radius 2 is 1.94 bits per heavy atom. The molecule has 0 heterocycles. The van der Waals surface area contributed by atoms with Gasteiger partial charge in [0.05, 0.1) is 6.42 Å². The summed E-state index contributed by atoms with van der Waals surface area (Å²) < 4.78 is 5.31. The van der Waals surface area contributed by atoms with Crippen molar-refractivity contribution in [2.75, 3.05) is 0 Å². The van der Waals surface area contributed by atoms with Crippen LogP contribution in [0.15, 0.2) is 54.6 Å². The number of allylic oxidation sites excluding steroid dienone is 4. The molecule has 0 fully saturated rings. The highest BCUT2D eigenvalue weighted by Crippen LogP contribution is 2.34. The first-order chi connectivity index (χ1) is 8.58. The number of carbonyl (C=O) groups is 1. The highest BCUT2D eigenvalue weighted by molar-refractivity contribution is 5.73. The van der Waals surface area contributed by atoms with Gasteiger partial charge in [0.1, 0.15) is 5.75 Å². The molecule has 1 aromatic carbocycles. The van der Waals surface area contributed by atoms with Crippen LogP contribution in [0.1, 0.15) is 20.3 Å². The maximum Gasteiger partial charge on any atom is 0.311 e.